The number of carbonyl (C=O) groups is 1. The Labute approximate surface area is 77.1 Å². The number of ether oxygens (including phenoxy) is 3. The van der Waals surface area contributed by atoms with E-state index in [1.54, 1.807) is 0 Å². The molecule has 0 spiro atoms. The smallest absolute Gasteiger partial charge is 0.306 e. The Morgan fingerprint density at radius 1 is 1.38 bits per heavy atom. The van der Waals surface area contributed by atoms with Crippen LogP contribution in [0.25, 0.3) is 0 Å². The van der Waals surface area contributed by atoms with Crippen LogP contribution in [0.15, 0.2) is 0 Å². The summed E-state index contributed by atoms with van der Waals surface area (Å²) in [4.78, 5) is 10.9. The predicted molar refractivity (Wildman–Crippen MR) is 44.0 cm³/mol. The fourth-order valence-electron chi connectivity index (χ4n) is 1.71. The molecule has 74 valence electrons. The van der Waals surface area contributed by atoms with Crippen molar-refractivity contribution in [3.05, 3.63) is 0 Å². The van der Waals surface area contributed by atoms with Crippen LogP contribution < -0.4 is 0 Å². The minimum Gasteiger partial charge on any atom is -0.459 e. The van der Waals surface area contributed by atoms with E-state index in [-0.39, 0.29) is 18.2 Å². The van der Waals surface area contributed by atoms with E-state index in [2.05, 4.69) is 0 Å². The third-order valence-corrected chi connectivity index (χ3v) is 2.36. The van der Waals surface area contributed by atoms with Gasteiger partial charge in [-0.15, -0.1) is 0 Å². The van der Waals surface area contributed by atoms with Gasteiger partial charge in [0.2, 0.25) is 0 Å². The fraction of sp³-hybridized carbons (Fsp3) is 0.889. The van der Waals surface area contributed by atoms with Gasteiger partial charge in [-0.1, -0.05) is 0 Å². The van der Waals surface area contributed by atoms with Crippen LogP contribution in [0, 0.1) is 0 Å². The van der Waals surface area contributed by atoms with Crippen LogP contribution in [0.1, 0.15) is 26.7 Å². The zero-order valence-electron chi connectivity index (χ0n) is 7.91. The summed E-state index contributed by atoms with van der Waals surface area (Å²) in [5.41, 5.74) is 0. The molecule has 0 bridgehead atoms. The lowest BCUT2D eigenvalue weighted by molar-refractivity contribution is -0.161. The maximum Gasteiger partial charge on any atom is 0.306 e. The highest BCUT2D eigenvalue weighted by molar-refractivity contribution is 5.71. The van der Waals surface area contributed by atoms with Crippen molar-refractivity contribution in [1.29, 1.82) is 0 Å². The lowest BCUT2D eigenvalue weighted by Gasteiger charge is -2.19. The Morgan fingerprint density at radius 2 is 2.15 bits per heavy atom. The molecule has 0 aromatic heterocycles. The monoisotopic (exact) mass is 186 g/mol. The van der Waals surface area contributed by atoms with E-state index in [1.807, 2.05) is 13.8 Å². The lowest BCUT2D eigenvalue weighted by atomic mass is 10.1. The molecule has 4 nitrogen and oxygen atoms in total. The summed E-state index contributed by atoms with van der Waals surface area (Å²) < 4.78 is 16.1. The van der Waals surface area contributed by atoms with E-state index in [0.717, 1.165) is 6.42 Å². The van der Waals surface area contributed by atoms with Gasteiger partial charge in [-0.3, -0.25) is 4.79 Å². The Balaban J connectivity index is 1.93. The molecule has 4 heteroatoms. The van der Waals surface area contributed by atoms with Crippen LogP contribution in [-0.4, -0.2) is 30.6 Å². The molecular formula is C9H14O4. The predicted octanol–water partition coefficient (Wildman–Crippen LogP) is 0.843. The topological polar surface area (TPSA) is 44.8 Å². The van der Waals surface area contributed by atoms with Gasteiger partial charge in [-0.2, -0.15) is 0 Å². The summed E-state index contributed by atoms with van der Waals surface area (Å²) in [5.74, 6) is -0.655. The van der Waals surface area contributed by atoms with E-state index < -0.39 is 5.79 Å². The summed E-state index contributed by atoms with van der Waals surface area (Å²) in [5, 5.41) is 0. The van der Waals surface area contributed by atoms with Crippen LogP contribution >= 0.6 is 0 Å². The van der Waals surface area contributed by atoms with E-state index in [0.29, 0.717) is 13.0 Å². The molecule has 2 saturated heterocycles. The number of esters is 1. The molecule has 0 radical (unpaired) electrons. The molecule has 2 aliphatic rings. The Bertz CT molecular complexity index is 224. The first kappa shape index (κ1) is 8.97. The molecule has 0 saturated carbocycles. The maximum absolute atomic E-state index is 10.9. The maximum atomic E-state index is 10.9. The van der Waals surface area contributed by atoms with E-state index in [1.165, 1.54) is 0 Å². The van der Waals surface area contributed by atoms with Gasteiger partial charge in [-0.25, -0.2) is 0 Å². The molecule has 2 fully saturated rings. The normalized spacial score (nSPS) is 37.8. The molecule has 0 N–H and O–H groups in total. The van der Waals surface area contributed by atoms with Crippen molar-refractivity contribution < 1.29 is 19.0 Å². The van der Waals surface area contributed by atoms with Crippen LogP contribution in [0.3, 0.4) is 0 Å². The van der Waals surface area contributed by atoms with Gasteiger partial charge in [-0.05, 0) is 20.3 Å². The number of rotatable bonds is 1. The molecule has 13 heavy (non-hydrogen) atoms. The van der Waals surface area contributed by atoms with Gasteiger partial charge in [0.05, 0.1) is 6.61 Å². The first-order chi connectivity index (χ1) is 6.07. The quantitative estimate of drug-likeness (QED) is 0.569. The SMILES string of the molecule is CC1(C)OC[C@@H]([C@H]2CCC(=O)O2)O1. The molecule has 0 aliphatic carbocycles. The standard InChI is InChI=1S/C9H14O4/c1-9(2)11-5-7(13-9)6-3-4-8(10)12-6/h6-7H,3-5H2,1-2H3/t6-,7+/m1/s1. The van der Waals surface area contributed by atoms with Gasteiger partial charge in [0.1, 0.15) is 12.2 Å². The minimum atomic E-state index is -0.528. The van der Waals surface area contributed by atoms with E-state index >= 15 is 0 Å². The highest BCUT2D eigenvalue weighted by atomic mass is 16.8. The molecule has 2 heterocycles. The highest BCUT2D eigenvalue weighted by Gasteiger charge is 2.41. The number of carbonyl (C=O) groups excluding carboxylic acids is 1. The molecule has 0 aromatic rings. The molecule has 0 amide bonds. The minimum absolute atomic E-state index is 0.0820. The largest absolute Gasteiger partial charge is 0.459 e. The van der Waals surface area contributed by atoms with Gasteiger partial charge in [0, 0.05) is 6.42 Å². The van der Waals surface area contributed by atoms with E-state index in [9.17, 15) is 4.79 Å². The Hall–Kier alpha value is -0.610. The molecule has 0 aromatic carbocycles. The summed E-state index contributed by atoms with van der Waals surface area (Å²) in [6.45, 7) is 4.25. The van der Waals surface area contributed by atoms with E-state index in [4.69, 9.17) is 14.2 Å². The second kappa shape index (κ2) is 2.96. The lowest BCUT2D eigenvalue weighted by Crippen LogP contribution is -2.30. The van der Waals surface area contributed by atoms with Crippen LogP contribution in [0.4, 0.5) is 0 Å². The van der Waals surface area contributed by atoms with Gasteiger partial charge in [0.25, 0.3) is 0 Å². The Kier molecular flexibility index (Phi) is 2.04. The average molecular weight is 186 g/mol. The number of hydrogen-bond donors (Lipinski definition) is 0. The molecule has 2 atom stereocenters. The highest BCUT2D eigenvalue weighted by Crippen LogP contribution is 2.29. The van der Waals surface area contributed by atoms with Crippen LogP contribution in [0.2, 0.25) is 0 Å². The zero-order valence-corrected chi connectivity index (χ0v) is 7.91. The number of hydrogen-bond acceptors (Lipinski definition) is 4. The second-order valence-electron chi connectivity index (χ2n) is 3.93. The zero-order chi connectivity index (χ0) is 9.47. The van der Waals surface area contributed by atoms with Crippen molar-refractivity contribution in [3.8, 4) is 0 Å². The first-order valence-electron chi connectivity index (χ1n) is 4.58. The molecule has 0 unspecified atom stereocenters. The molecular weight excluding hydrogens is 172 g/mol. The first-order valence-corrected chi connectivity index (χ1v) is 4.58. The van der Waals surface area contributed by atoms with Crippen LogP contribution in [-0.2, 0) is 19.0 Å². The molecule has 2 aliphatic heterocycles. The summed E-state index contributed by atoms with van der Waals surface area (Å²) in [6.07, 6.45) is 1.07. The van der Waals surface area contributed by atoms with Gasteiger partial charge >= 0.3 is 5.97 Å². The Morgan fingerprint density at radius 3 is 2.62 bits per heavy atom. The van der Waals surface area contributed by atoms with Crippen molar-refractivity contribution in [2.24, 2.45) is 0 Å². The van der Waals surface area contributed by atoms with Crippen molar-refractivity contribution in [2.45, 2.75) is 44.7 Å². The number of cyclic esters (lactones) is 1. The van der Waals surface area contributed by atoms with Crippen molar-refractivity contribution in [2.75, 3.05) is 6.61 Å². The summed E-state index contributed by atoms with van der Waals surface area (Å²) in [7, 11) is 0. The van der Waals surface area contributed by atoms with Crippen molar-refractivity contribution in [3.63, 3.8) is 0 Å². The fourth-order valence-corrected chi connectivity index (χ4v) is 1.71. The van der Waals surface area contributed by atoms with Gasteiger partial charge in [0.15, 0.2) is 5.79 Å². The average Bonchev–Trinajstić information content (AvgIpc) is 2.56. The molecule has 2 rings (SSSR count). The third-order valence-electron chi connectivity index (χ3n) is 2.36. The van der Waals surface area contributed by atoms with Crippen molar-refractivity contribution >= 4 is 5.97 Å². The third kappa shape index (κ3) is 1.84. The summed E-state index contributed by atoms with van der Waals surface area (Å²) in [6, 6.07) is 0. The summed E-state index contributed by atoms with van der Waals surface area (Å²) >= 11 is 0. The van der Waals surface area contributed by atoms with Crippen LogP contribution in [0.5, 0.6) is 0 Å². The second-order valence-corrected chi connectivity index (χ2v) is 3.93. The van der Waals surface area contributed by atoms with Crippen molar-refractivity contribution in [1.82, 2.24) is 0 Å². The van der Waals surface area contributed by atoms with Gasteiger partial charge < -0.3 is 14.2 Å².